The maximum atomic E-state index is 12.0. The van der Waals surface area contributed by atoms with Crippen LogP contribution in [-0.2, 0) is 24.9 Å². The fourth-order valence-electron chi connectivity index (χ4n) is 2.38. The van der Waals surface area contributed by atoms with Crippen LogP contribution >= 0.6 is 35.6 Å². The Kier molecular flexibility index (Phi) is 10.2. The zero-order valence-electron chi connectivity index (χ0n) is 17.3. The molecule has 1 N–H and O–H groups in total. The lowest BCUT2D eigenvalue weighted by molar-refractivity contribution is -0.127. The number of benzene rings is 1. The predicted octanol–water partition coefficient (Wildman–Crippen LogP) is 2.37. The summed E-state index contributed by atoms with van der Waals surface area (Å²) in [6.07, 6.45) is 1.61. The van der Waals surface area contributed by atoms with Gasteiger partial charge in [0.1, 0.15) is 16.7 Å². The Morgan fingerprint density at radius 1 is 1.28 bits per heavy atom. The minimum Gasteiger partial charge on any atom is -0.497 e. The number of hydrogen-bond acceptors (Lipinski definition) is 4. The number of rotatable bonds is 7. The number of aromatic nitrogens is 2. The molecule has 1 amide bonds. The summed E-state index contributed by atoms with van der Waals surface area (Å²) in [5, 5.41) is 3.70. The van der Waals surface area contributed by atoms with Crippen LogP contribution in [0.3, 0.4) is 0 Å². The van der Waals surface area contributed by atoms with E-state index in [-0.39, 0.29) is 36.4 Å². The van der Waals surface area contributed by atoms with Gasteiger partial charge in [-0.25, -0.2) is 9.98 Å². The molecule has 0 spiro atoms. The second-order valence-corrected chi connectivity index (χ2v) is 6.93. The first kappa shape index (κ1) is 25.0. The van der Waals surface area contributed by atoms with Crippen LogP contribution in [0, 0.1) is 0 Å². The van der Waals surface area contributed by atoms with Crippen LogP contribution in [0.5, 0.6) is 5.75 Å². The third-order valence-electron chi connectivity index (χ3n) is 4.23. The van der Waals surface area contributed by atoms with E-state index in [2.05, 4.69) is 15.3 Å². The van der Waals surface area contributed by atoms with Gasteiger partial charge < -0.3 is 24.4 Å². The Balaban J connectivity index is 0.00000420. The largest absolute Gasteiger partial charge is 0.497 e. The average Bonchev–Trinajstić information content (AvgIpc) is 3.00. The van der Waals surface area contributed by atoms with Crippen LogP contribution in [0.2, 0.25) is 5.15 Å². The van der Waals surface area contributed by atoms with Crippen molar-refractivity contribution < 1.29 is 9.53 Å². The lowest BCUT2D eigenvalue weighted by Gasteiger charge is -2.23. The van der Waals surface area contributed by atoms with Crippen molar-refractivity contribution in [2.75, 3.05) is 34.8 Å². The maximum absolute atomic E-state index is 12.0. The monoisotopic (exact) mass is 534 g/mol. The molecule has 1 aromatic carbocycles. The van der Waals surface area contributed by atoms with Gasteiger partial charge >= 0.3 is 0 Å². The van der Waals surface area contributed by atoms with E-state index >= 15 is 0 Å². The summed E-state index contributed by atoms with van der Waals surface area (Å²) in [5.74, 6) is 2.16. The molecular formula is C19H28ClIN6O2. The molecule has 0 saturated carbocycles. The molecule has 2 rings (SSSR count). The van der Waals surface area contributed by atoms with Gasteiger partial charge in [-0.05, 0) is 17.7 Å². The number of imidazole rings is 1. The van der Waals surface area contributed by atoms with E-state index in [1.54, 1.807) is 27.4 Å². The van der Waals surface area contributed by atoms with Gasteiger partial charge in [0, 0.05) is 28.2 Å². The molecule has 0 atom stereocenters. The fourth-order valence-corrected chi connectivity index (χ4v) is 2.53. The number of halogens is 2. The van der Waals surface area contributed by atoms with Gasteiger partial charge in [-0.1, -0.05) is 23.7 Å². The van der Waals surface area contributed by atoms with Gasteiger partial charge in [-0.2, -0.15) is 0 Å². The van der Waals surface area contributed by atoms with Crippen molar-refractivity contribution in [1.82, 2.24) is 24.7 Å². The Bertz CT molecular complexity index is 823. The molecule has 10 heteroatoms. The summed E-state index contributed by atoms with van der Waals surface area (Å²) in [6.45, 7) is 1.11. The van der Waals surface area contributed by atoms with E-state index in [4.69, 9.17) is 16.3 Å². The number of carbonyl (C=O) groups is 1. The van der Waals surface area contributed by atoms with Crippen LogP contribution in [0.15, 0.2) is 35.5 Å². The standard InChI is InChI=1S/C19H27ClN6O2.HI/c1-24(2)18(27)12-23-19(22-10-14-6-8-15(28-5)9-7-14)25(3)13-17-21-11-16(20)26(17)4;/h6-9,11H,10,12-13H2,1-5H3,(H,22,23);1H. The highest BCUT2D eigenvalue weighted by molar-refractivity contribution is 14.0. The molecule has 1 heterocycles. The quantitative estimate of drug-likeness (QED) is 0.335. The maximum Gasteiger partial charge on any atom is 0.241 e. The average molecular weight is 535 g/mol. The summed E-state index contributed by atoms with van der Waals surface area (Å²) in [7, 11) is 8.82. The summed E-state index contributed by atoms with van der Waals surface area (Å²) in [4.78, 5) is 24.4. The van der Waals surface area contributed by atoms with Gasteiger partial charge in [0.2, 0.25) is 5.91 Å². The van der Waals surface area contributed by atoms with E-state index in [1.807, 2.05) is 47.8 Å². The molecule has 0 radical (unpaired) electrons. The normalized spacial score (nSPS) is 10.9. The highest BCUT2D eigenvalue weighted by atomic mass is 127. The van der Waals surface area contributed by atoms with Crippen LogP contribution in [0.25, 0.3) is 0 Å². The van der Waals surface area contributed by atoms with Crippen LogP contribution in [0.1, 0.15) is 11.4 Å². The summed E-state index contributed by atoms with van der Waals surface area (Å²) in [6, 6.07) is 7.72. The molecule has 2 aromatic rings. The molecule has 0 aliphatic rings. The third kappa shape index (κ3) is 7.39. The summed E-state index contributed by atoms with van der Waals surface area (Å²) >= 11 is 6.07. The fraction of sp³-hybridized carbons (Fsp3) is 0.421. The van der Waals surface area contributed by atoms with Crippen LogP contribution < -0.4 is 10.1 Å². The highest BCUT2D eigenvalue weighted by Gasteiger charge is 2.13. The number of methoxy groups -OCH3 is 1. The number of likely N-dealkylation sites (N-methyl/N-ethyl adjacent to an activating group) is 1. The molecule has 0 aliphatic heterocycles. The lowest BCUT2D eigenvalue weighted by atomic mass is 10.2. The third-order valence-corrected chi connectivity index (χ3v) is 4.59. The molecule has 0 bridgehead atoms. The van der Waals surface area contributed by atoms with E-state index < -0.39 is 0 Å². The second-order valence-electron chi connectivity index (χ2n) is 6.54. The van der Waals surface area contributed by atoms with Crippen LogP contribution in [0.4, 0.5) is 0 Å². The van der Waals surface area contributed by atoms with Crippen molar-refractivity contribution in [1.29, 1.82) is 0 Å². The lowest BCUT2D eigenvalue weighted by Crippen LogP contribution is -2.43. The molecule has 0 aliphatic carbocycles. The minimum atomic E-state index is -0.0365. The number of nitrogens with zero attached hydrogens (tertiary/aromatic N) is 5. The van der Waals surface area contributed by atoms with Crippen molar-refractivity contribution in [3.8, 4) is 5.75 Å². The van der Waals surface area contributed by atoms with E-state index in [0.717, 1.165) is 17.1 Å². The Hall–Kier alpha value is -2.01. The summed E-state index contributed by atoms with van der Waals surface area (Å²) in [5.41, 5.74) is 1.03. The number of aliphatic imine (C=N–C) groups is 1. The molecule has 160 valence electrons. The SMILES string of the molecule is COc1ccc(CN=C(NCC(=O)N(C)C)N(C)Cc2ncc(Cl)n2C)cc1.I. The number of amides is 1. The zero-order valence-corrected chi connectivity index (χ0v) is 20.4. The van der Waals surface area contributed by atoms with Crippen molar-refractivity contribution >= 4 is 47.4 Å². The van der Waals surface area contributed by atoms with Gasteiger partial charge in [0.15, 0.2) is 5.96 Å². The number of nitrogens with one attached hydrogen (secondary N) is 1. The number of hydrogen-bond donors (Lipinski definition) is 1. The first-order valence-corrected chi connectivity index (χ1v) is 9.18. The predicted molar refractivity (Wildman–Crippen MR) is 126 cm³/mol. The first-order valence-electron chi connectivity index (χ1n) is 8.80. The van der Waals surface area contributed by atoms with E-state index in [9.17, 15) is 4.79 Å². The highest BCUT2D eigenvalue weighted by Crippen LogP contribution is 2.13. The summed E-state index contributed by atoms with van der Waals surface area (Å²) < 4.78 is 6.99. The minimum absolute atomic E-state index is 0. The Morgan fingerprint density at radius 3 is 2.45 bits per heavy atom. The van der Waals surface area contributed by atoms with Gasteiger partial charge in [-0.3, -0.25) is 4.79 Å². The Morgan fingerprint density at radius 2 is 1.93 bits per heavy atom. The van der Waals surface area contributed by atoms with Gasteiger partial charge in [0.25, 0.3) is 0 Å². The smallest absolute Gasteiger partial charge is 0.241 e. The second kappa shape index (κ2) is 11.9. The topological polar surface area (TPSA) is 75.0 Å². The van der Waals surface area contributed by atoms with Crippen molar-refractivity contribution in [2.45, 2.75) is 13.1 Å². The number of carbonyl (C=O) groups excluding carboxylic acids is 1. The van der Waals surface area contributed by atoms with E-state index in [0.29, 0.717) is 24.2 Å². The number of ether oxygens (including phenoxy) is 1. The zero-order chi connectivity index (χ0) is 20.7. The van der Waals surface area contributed by atoms with Crippen molar-refractivity contribution in [3.05, 3.63) is 47.0 Å². The Labute approximate surface area is 193 Å². The van der Waals surface area contributed by atoms with Crippen molar-refractivity contribution in [2.24, 2.45) is 12.0 Å². The molecule has 8 nitrogen and oxygen atoms in total. The number of guanidine groups is 1. The van der Waals surface area contributed by atoms with Crippen molar-refractivity contribution in [3.63, 3.8) is 0 Å². The molecule has 0 fully saturated rings. The molecule has 0 unspecified atom stereocenters. The molecule has 1 aromatic heterocycles. The van der Waals surface area contributed by atoms with E-state index in [1.165, 1.54) is 4.90 Å². The van der Waals surface area contributed by atoms with Gasteiger partial charge in [-0.15, -0.1) is 24.0 Å². The molecular weight excluding hydrogens is 507 g/mol. The first-order chi connectivity index (χ1) is 13.3. The molecule has 0 saturated heterocycles. The van der Waals surface area contributed by atoms with Crippen LogP contribution in [-0.4, -0.2) is 66.0 Å². The molecule has 29 heavy (non-hydrogen) atoms. The van der Waals surface area contributed by atoms with Gasteiger partial charge in [0.05, 0.1) is 32.9 Å².